The van der Waals surface area contributed by atoms with Crippen LogP contribution in [0.3, 0.4) is 0 Å². The second kappa shape index (κ2) is 6.46. The lowest BCUT2D eigenvalue weighted by molar-refractivity contribution is -0.119. The molecular weight excluding hydrogens is 276 g/mol. The summed E-state index contributed by atoms with van der Waals surface area (Å²) in [5.74, 6) is 0.169. The molecule has 0 unspecified atom stereocenters. The normalized spacial score (nSPS) is 18.1. The number of piperidine rings is 1. The van der Waals surface area contributed by atoms with Crippen molar-refractivity contribution in [2.24, 2.45) is 11.7 Å². The molecule has 0 spiro atoms. The summed E-state index contributed by atoms with van der Waals surface area (Å²) in [5.41, 5.74) is 7.06. The van der Waals surface area contributed by atoms with Crippen LogP contribution in [-0.4, -0.2) is 24.1 Å². The van der Waals surface area contributed by atoms with Crippen molar-refractivity contribution in [3.05, 3.63) is 28.8 Å². The summed E-state index contributed by atoms with van der Waals surface area (Å²) in [5, 5.41) is 10.2. The number of anilines is 1. The van der Waals surface area contributed by atoms with Crippen molar-refractivity contribution in [2.45, 2.75) is 32.3 Å². The Hall–Kier alpha value is -1.26. The number of carbonyl (C=O) groups excluding carboxylic acids is 1. The van der Waals surface area contributed by atoms with E-state index >= 15 is 0 Å². The Labute approximate surface area is 124 Å². The minimum absolute atomic E-state index is 0.220. The molecule has 1 amide bonds. The van der Waals surface area contributed by atoms with E-state index in [2.05, 4.69) is 4.90 Å². The Morgan fingerprint density at radius 1 is 1.50 bits per heavy atom. The van der Waals surface area contributed by atoms with Crippen LogP contribution >= 0.6 is 11.6 Å². The van der Waals surface area contributed by atoms with Gasteiger partial charge in [0.15, 0.2) is 0 Å². The van der Waals surface area contributed by atoms with Gasteiger partial charge in [-0.2, -0.15) is 0 Å². The molecule has 0 aliphatic carbocycles. The number of nitrogens with two attached hydrogens (primary N) is 1. The average molecular weight is 297 g/mol. The summed E-state index contributed by atoms with van der Waals surface area (Å²) >= 11 is 6.30. The predicted molar refractivity (Wildman–Crippen MR) is 80.8 cm³/mol. The van der Waals surface area contributed by atoms with Crippen LogP contribution in [0.15, 0.2) is 18.2 Å². The number of benzene rings is 1. The average Bonchev–Trinajstić information content (AvgIpc) is 2.39. The molecule has 1 heterocycles. The van der Waals surface area contributed by atoms with Gasteiger partial charge in [0.2, 0.25) is 5.91 Å². The van der Waals surface area contributed by atoms with Gasteiger partial charge in [-0.25, -0.2) is 0 Å². The molecule has 0 radical (unpaired) electrons. The molecule has 0 saturated carbocycles. The van der Waals surface area contributed by atoms with Crippen LogP contribution in [0.25, 0.3) is 0 Å². The van der Waals surface area contributed by atoms with Crippen molar-refractivity contribution >= 4 is 23.2 Å². The molecule has 2 rings (SSSR count). The van der Waals surface area contributed by atoms with E-state index in [1.807, 2.05) is 18.2 Å². The second-order valence-electron chi connectivity index (χ2n) is 5.49. The van der Waals surface area contributed by atoms with Gasteiger partial charge in [-0.1, -0.05) is 17.7 Å². The van der Waals surface area contributed by atoms with Gasteiger partial charge in [0.1, 0.15) is 0 Å². The van der Waals surface area contributed by atoms with E-state index in [4.69, 9.17) is 17.3 Å². The first kappa shape index (κ1) is 15.1. The lowest BCUT2D eigenvalue weighted by Crippen LogP contribution is -2.35. The molecule has 3 N–H and O–H groups in total. The molecular formula is C15H21ClN2O2. The Bertz CT molecular complexity index is 483. The number of hydrogen-bond donors (Lipinski definition) is 2. The number of nitrogens with zero attached hydrogens (tertiary/aromatic N) is 1. The third-order valence-corrected chi connectivity index (χ3v) is 4.20. The largest absolute Gasteiger partial charge is 0.389 e. The smallest absolute Gasteiger partial charge is 0.217 e. The highest BCUT2D eigenvalue weighted by Crippen LogP contribution is 2.32. The number of aliphatic hydroxyl groups excluding tert-OH is 1. The molecule has 1 aliphatic rings. The Morgan fingerprint density at radius 3 is 2.65 bits per heavy atom. The van der Waals surface area contributed by atoms with Crippen LogP contribution in [0.1, 0.15) is 37.9 Å². The number of aliphatic hydroxyl groups is 1. The minimum Gasteiger partial charge on any atom is -0.389 e. The zero-order valence-corrected chi connectivity index (χ0v) is 12.4. The standard InChI is InChI=1S/C15H21ClN2O2/c1-10(19)12-2-3-14(13(16)9-12)18-6-4-11(5-7-18)8-15(17)20/h2-3,9-11,19H,4-8H2,1H3,(H2,17,20)/t10-/m1/s1. The predicted octanol–water partition coefficient (Wildman–Crippen LogP) is 2.49. The fraction of sp³-hybridized carbons (Fsp3) is 0.533. The Balaban J connectivity index is 2.02. The van der Waals surface area contributed by atoms with Crippen molar-refractivity contribution in [2.75, 3.05) is 18.0 Å². The number of amides is 1. The first-order valence-corrected chi connectivity index (χ1v) is 7.36. The molecule has 20 heavy (non-hydrogen) atoms. The fourth-order valence-corrected chi connectivity index (χ4v) is 3.01. The molecule has 0 bridgehead atoms. The fourth-order valence-electron chi connectivity index (χ4n) is 2.70. The summed E-state index contributed by atoms with van der Waals surface area (Å²) in [4.78, 5) is 13.2. The number of primary amides is 1. The third kappa shape index (κ3) is 3.64. The van der Waals surface area contributed by atoms with Crippen molar-refractivity contribution < 1.29 is 9.90 Å². The second-order valence-corrected chi connectivity index (χ2v) is 5.89. The highest BCUT2D eigenvalue weighted by atomic mass is 35.5. The van der Waals surface area contributed by atoms with E-state index in [1.165, 1.54) is 0 Å². The van der Waals surface area contributed by atoms with Gasteiger partial charge >= 0.3 is 0 Å². The summed E-state index contributed by atoms with van der Waals surface area (Å²) in [6.07, 6.45) is 1.88. The highest BCUT2D eigenvalue weighted by Gasteiger charge is 2.22. The molecule has 1 fully saturated rings. The number of rotatable bonds is 4. The quantitative estimate of drug-likeness (QED) is 0.897. The first-order chi connectivity index (χ1) is 9.47. The molecule has 1 aromatic carbocycles. The van der Waals surface area contributed by atoms with E-state index in [-0.39, 0.29) is 5.91 Å². The van der Waals surface area contributed by atoms with Gasteiger partial charge in [-0.05, 0) is 43.4 Å². The Morgan fingerprint density at radius 2 is 2.15 bits per heavy atom. The first-order valence-electron chi connectivity index (χ1n) is 6.98. The molecule has 4 nitrogen and oxygen atoms in total. The van der Waals surface area contributed by atoms with E-state index in [0.29, 0.717) is 17.4 Å². The van der Waals surface area contributed by atoms with Crippen LogP contribution in [0.4, 0.5) is 5.69 Å². The van der Waals surface area contributed by atoms with Gasteiger partial charge in [0.25, 0.3) is 0 Å². The van der Waals surface area contributed by atoms with Crippen molar-refractivity contribution in [1.29, 1.82) is 0 Å². The zero-order chi connectivity index (χ0) is 14.7. The zero-order valence-electron chi connectivity index (χ0n) is 11.7. The molecule has 1 saturated heterocycles. The number of hydrogen-bond acceptors (Lipinski definition) is 3. The minimum atomic E-state index is -0.511. The third-order valence-electron chi connectivity index (χ3n) is 3.90. The van der Waals surface area contributed by atoms with Crippen LogP contribution in [0.5, 0.6) is 0 Å². The monoisotopic (exact) mass is 296 g/mol. The molecule has 5 heteroatoms. The van der Waals surface area contributed by atoms with Gasteiger partial charge in [-0.3, -0.25) is 4.79 Å². The maximum Gasteiger partial charge on any atom is 0.217 e. The van der Waals surface area contributed by atoms with Gasteiger partial charge in [-0.15, -0.1) is 0 Å². The van der Waals surface area contributed by atoms with Crippen LogP contribution < -0.4 is 10.6 Å². The van der Waals surface area contributed by atoms with Crippen LogP contribution in [-0.2, 0) is 4.79 Å². The lowest BCUT2D eigenvalue weighted by Gasteiger charge is -2.34. The number of halogens is 1. The van der Waals surface area contributed by atoms with E-state index in [0.717, 1.165) is 37.2 Å². The topological polar surface area (TPSA) is 66.6 Å². The highest BCUT2D eigenvalue weighted by molar-refractivity contribution is 6.33. The lowest BCUT2D eigenvalue weighted by atomic mass is 9.93. The summed E-state index contributed by atoms with van der Waals surface area (Å²) in [7, 11) is 0. The molecule has 0 aromatic heterocycles. The van der Waals surface area contributed by atoms with E-state index in [9.17, 15) is 9.90 Å². The molecule has 110 valence electrons. The maximum atomic E-state index is 10.9. The van der Waals surface area contributed by atoms with Crippen molar-refractivity contribution in [3.8, 4) is 0 Å². The van der Waals surface area contributed by atoms with Crippen LogP contribution in [0, 0.1) is 5.92 Å². The molecule has 1 aliphatic heterocycles. The van der Waals surface area contributed by atoms with Crippen molar-refractivity contribution in [1.82, 2.24) is 0 Å². The van der Waals surface area contributed by atoms with E-state index in [1.54, 1.807) is 6.92 Å². The summed E-state index contributed by atoms with van der Waals surface area (Å²) < 4.78 is 0. The van der Waals surface area contributed by atoms with Crippen LogP contribution in [0.2, 0.25) is 5.02 Å². The van der Waals surface area contributed by atoms with E-state index < -0.39 is 6.10 Å². The summed E-state index contributed by atoms with van der Waals surface area (Å²) in [6, 6.07) is 5.68. The molecule has 1 atom stereocenters. The van der Waals surface area contributed by atoms with Crippen molar-refractivity contribution in [3.63, 3.8) is 0 Å². The number of carbonyl (C=O) groups is 1. The molecule has 1 aromatic rings. The Kier molecular flexibility index (Phi) is 4.89. The van der Waals surface area contributed by atoms with Gasteiger partial charge in [0, 0.05) is 19.5 Å². The summed E-state index contributed by atoms with van der Waals surface area (Å²) in [6.45, 7) is 3.48. The van der Waals surface area contributed by atoms with Gasteiger partial charge < -0.3 is 15.7 Å². The SMILES string of the molecule is C[C@@H](O)c1ccc(N2CCC(CC(N)=O)CC2)c(Cl)c1. The maximum absolute atomic E-state index is 10.9. The van der Waals surface area contributed by atoms with Gasteiger partial charge in [0.05, 0.1) is 16.8 Å².